The summed E-state index contributed by atoms with van der Waals surface area (Å²) in [4.78, 5) is 24.3. The van der Waals surface area contributed by atoms with Gasteiger partial charge in [-0.1, -0.05) is 18.2 Å². The Morgan fingerprint density at radius 1 is 0.969 bits per heavy atom. The van der Waals surface area contributed by atoms with Gasteiger partial charge in [0.1, 0.15) is 11.6 Å². The van der Waals surface area contributed by atoms with Crippen LogP contribution in [0.2, 0.25) is 0 Å². The summed E-state index contributed by atoms with van der Waals surface area (Å²) in [5.41, 5.74) is 2.42. The monoisotopic (exact) mass is 463 g/mol. The molecule has 2 aromatic carbocycles. The zero-order chi connectivity index (χ0) is 22.2. The average molecular weight is 464 g/mol. The van der Waals surface area contributed by atoms with Gasteiger partial charge in [0.2, 0.25) is 0 Å². The molecule has 158 valence electrons. The van der Waals surface area contributed by atoms with Crippen LogP contribution < -0.4 is 5.32 Å². The first-order valence-electron chi connectivity index (χ1n) is 9.67. The van der Waals surface area contributed by atoms with E-state index in [9.17, 15) is 13.6 Å². The number of benzene rings is 2. The van der Waals surface area contributed by atoms with Crippen molar-refractivity contribution in [3.63, 3.8) is 0 Å². The number of halogens is 2. The topological polar surface area (TPSA) is 54.9 Å². The van der Waals surface area contributed by atoms with E-state index in [1.54, 1.807) is 22.8 Å². The third kappa shape index (κ3) is 3.90. The van der Waals surface area contributed by atoms with Crippen LogP contribution in [-0.2, 0) is 0 Å². The Balaban J connectivity index is 1.49. The lowest BCUT2D eigenvalue weighted by Gasteiger charge is -2.08. The lowest BCUT2D eigenvalue weighted by molar-refractivity contribution is 0.102. The Morgan fingerprint density at radius 3 is 2.59 bits per heavy atom. The van der Waals surface area contributed by atoms with Gasteiger partial charge in [0.15, 0.2) is 5.13 Å². The van der Waals surface area contributed by atoms with Gasteiger partial charge < -0.3 is 0 Å². The largest absolute Gasteiger partial charge is 0.298 e. The van der Waals surface area contributed by atoms with E-state index in [2.05, 4.69) is 10.3 Å². The zero-order valence-corrected chi connectivity index (χ0v) is 18.4. The molecule has 5 aromatic rings. The lowest BCUT2D eigenvalue weighted by Crippen LogP contribution is -2.13. The van der Waals surface area contributed by atoms with Crippen LogP contribution in [0.3, 0.4) is 0 Å². The van der Waals surface area contributed by atoms with Crippen molar-refractivity contribution in [2.45, 2.75) is 6.92 Å². The van der Waals surface area contributed by atoms with Crippen molar-refractivity contribution >= 4 is 44.6 Å². The van der Waals surface area contributed by atoms with Gasteiger partial charge in [-0.2, -0.15) is 0 Å². The van der Waals surface area contributed by atoms with Crippen molar-refractivity contribution < 1.29 is 13.6 Å². The number of nitrogens with zero attached hydrogens (tertiary/aromatic N) is 2. The van der Waals surface area contributed by atoms with Crippen LogP contribution in [0.1, 0.15) is 15.2 Å². The Hall–Kier alpha value is -3.49. The molecule has 0 spiro atoms. The van der Waals surface area contributed by atoms with E-state index >= 15 is 0 Å². The quantitative estimate of drug-likeness (QED) is 0.315. The summed E-state index contributed by atoms with van der Waals surface area (Å²) in [6.07, 6.45) is 0. The van der Waals surface area contributed by atoms with Crippen molar-refractivity contribution in [2.24, 2.45) is 0 Å². The number of rotatable bonds is 4. The third-order valence-electron chi connectivity index (χ3n) is 4.89. The number of anilines is 1. The average Bonchev–Trinajstić information content (AvgIpc) is 3.42. The molecule has 0 fully saturated rings. The van der Waals surface area contributed by atoms with Gasteiger partial charge in [0.25, 0.3) is 5.91 Å². The summed E-state index contributed by atoms with van der Waals surface area (Å²) in [6.45, 7) is 2.02. The number of fused-ring (bicyclic) bond motifs is 1. The zero-order valence-electron chi connectivity index (χ0n) is 16.7. The van der Waals surface area contributed by atoms with Crippen LogP contribution in [0.15, 0.2) is 66.0 Å². The number of hydrogen-bond acceptors (Lipinski definition) is 5. The van der Waals surface area contributed by atoms with E-state index in [1.165, 1.54) is 23.5 Å². The van der Waals surface area contributed by atoms with E-state index in [0.717, 1.165) is 32.4 Å². The number of hydrogen-bond donors (Lipinski definition) is 1. The van der Waals surface area contributed by atoms with E-state index in [1.807, 2.05) is 43.3 Å². The number of para-hydroxylation sites is 1. The van der Waals surface area contributed by atoms with Crippen LogP contribution in [0.25, 0.3) is 32.7 Å². The molecule has 0 unspecified atom stereocenters. The second kappa shape index (κ2) is 8.22. The molecule has 0 aliphatic carbocycles. The number of aromatic nitrogens is 2. The molecular weight excluding hydrogens is 448 g/mol. The number of carbonyl (C=O) groups excluding carboxylic acids is 1. The predicted molar refractivity (Wildman–Crippen MR) is 125 cm³/mol. The van der Waals surface area contributed by atoms with Gasteiger partial charge in [0.05, 0.1) is 27.3 Å². The minimum absolute atomic E-state index is 0.174. The number of nitrogens with one attached hydrogen (secondary N) is 1. The van der Waals surface area contributed by atoms with Gasteiger partial charge in [-0.15, -0.1) is 22.7 Å². The van der Waals surface area contributed by atoms with Gasteiger partial charge in [0, 0.05) is 27.3 Å². The molecule has 3 heterocycles. The van der Waals surface area contributed by atoms with Crippen LogP contribution in [0, 0.1) is 18.6 Å². The fourth-order valence-electron chi connectivity index (χ4n) is 3.38. The number of pyridine rings is 1. The van der Waals surface area contributed by atoms with Crippen molar-refractivity contribution in [1.82, 2.24) is 9.97 Å². The Labute approximate surface area is 190 Å². The van der Waals surface area contributed by atoms with E-state index in [4.69, 9.17) is 4.98 Å². The minimum Gasteiger partial charge on any atom is -0.298 e. The Bertz CT molecular complexity index is 1480. The summed E-state index contributed by atoms with van der Waals surface area (Å²) >= 11 is 2.78. The van der Waals surface area contributed by atoms with E-state index in [0.29, 0.717) is 16.4 Å². The number of aryl methyl sites for hydroxylation is 1. The highest BCUT2D eigenvalue weighted by Crippen LogP contribution is 2.31. The Kier molecular flexibility index (Phi) is 5.24. The first-order valence-corrected chi connectivity index (χ1v) is 11.4. The maximum Gasteiger partial charge on any atom is 0.258 e. The lowest BCUT2D eigenvalue weighted by atomic mass is 10.1. The van der Waals surface area contributed by atoms with Gasteiger partial charge in [-0.05, 0) is 43.3 Å². The molecule has 32 heavy (non-hydrogen) atoms. The highest BCUT2D eigenvalue weighted by atomic mass is 32.1. The summed E-state index contributed by atoms with van der Waals surface area (Å²) in [6, 6.07) is 16.5. The molecule has 0 radical (unpaired) electrons. The predicted octanol–water partition coefficient (Wildman–Crippen LogP) is 6.93. The normalized spacial score (nSPS) is 11.1. The molecule has 0 atom stereocenters. The molecule has 0 saturated carbocycles. The van der Waals surface area contributed by atoms with Crippen LogP contribution >= 0.6 is 22.7 Å². The Morgan fingerprint density at radius 2 is 1.81 bits per heavy atom. The molecule has 0 aliphatic rings. The summed E-state index contributed by atoms with van der Waals surface area (Å²) in [5.74, 6) is -1.70. The highest BCUT2D eigenvalue weighted by Gasteiger charge is 2.17. The van der Waals surface area contributed by atoms with Gasteiger partial charge in [-0.25, -0.2) is 18.7 Å². The first kappa shape index (κ1) is 20.4. The van der Waals surface area contributed by atoms with Crippen molar-refractivity contribution in [1.29, 1.82) is 0 Å². The highest BCUT2D eigenvalue weighted by molar-refractivity contribution is 7.15. The molecule has 0 saturated heterocycles. The number of thiazole rings is 1. The summed E-state index contributed by atoms with van der Waals surface area (Å²) in [5, 5.41) is 5.47. The molecule has 4 nitrogen and oxygen atoms in total. The van der Waals surface area contributed by atoms with Gasteiger partial charge >= 0.3 is 0 Å². The molecule has 0 aliphatic heterocycles. The van der Waals surface area contributed by atoms with Crippen LogP contribution in [0.4, 0.5) is 13.9 Å². The minimum atomic E-state index is -0.704. The van der Waals surface area contributed by atoms with Gasteiger partial charge in [-0.3, -0.25) is 10.1 Å². The summed E-state index contributed by atoms with van der Waals surface area (Å²) < 4.78 is 27.3. The maximum atomic E-state index is 14.1. The smallest absolute Gasteiger partial charge is 0.258 e. The molecular formula is C24H15F2N3OS2. The summed E-state index contributed by atoms with van der Waals surface area (Å²) in [7, 11) is 0. The van der Waals surface area contributed by atoms with E-state index < -0.39 is 11.6 Å². The fourth-order valence-corrected chi connectivity index (χ4v) is 4.91. The molecule has 5 rings (SSSR count). The second-order valence-electron chi connectivity index (χ2n) is 7.10. The van der Waals surface area contributed by atoms with Crippen molar-refractivity contribution in [3.8, 4) is 21.8 Å². The van der Waals surface area contributed by atoms with Crippen molar-refractivity contribution in [2.75, 3.05) is 5.32 Å². The molecule has 1 N–H and O–H groups in total. The third-order valence-corrected chi connectivity index (χ3v) is 6.67. The number of carbonyl (C=O) groups is 1. The SMILES string of the molecule is Cc1ccc(-c2cc(C(=O)Nc3nc(-c4ccc(F)cc4F)cs3)c3ccccc3n2)s1. The second-order valence-corrected chi connectivity index (χ2v) is 9.24. The van der Waals surface area contributed by atoms with Crippen molar-refractivity contribution in [3.05, 3.63) is 88.1 Å². The first-order chi connectivity index (χ1) is 15.5. The van der Waals surface area contributed by atoms with Crippen LogP contribution in [0.5, 0.6) is 0 Å². The molecule has 8 heteroatoms. The maximum absolute atomic E-state index is 14.1. The molecule has 0 bridgehead atoms. The number of amides is 1. The molecule has 3 aromatic heterocycles. The number of thiophene rings is 1. The van der Waals surface area contributed by atoms with Crippen LogP contribution in [-0.4, -0.2) is 15.9 Å². The fraction of sp³-hybridized carbons (Fsp3) is 0.0417. The standard InChI is InChI=1S/C24H15F2N3OS2/c1-13-6-9-22(32-13)20-11-17(15-4-2-3-5-19(15)27-20)23(30)29-24-28-21(12-31-24)16-8-7-14(25)10-18(16)26/h2-12H,1H3,(H,28,29,30). The molecule has 1 amide bonds. The van der Waals surface area contributed by atoms with E-state index in [-0.39, 0.29) is 11.5 Å².